The van der Waals surface area contributed by atoms with Gasteiger partial charge in [0, 0.05) is 19.1 Å². The molecule has 1 saturated heterocycles. The van der Waals surface area contributed by atoms with Crippen molar-refractivity contribution in [3.8, 4) is 0 Å². The van der Waals surface area contributed by atoms with Crippen LogP contribution in [0.2, 0.25) is 0 Å². The molecule has 1 aliphatic rings. The highest BCUT2D eigenvalue weighted by atomic mass is 16.5. The van der Waals surface area contributed by atoms with E-state index in [1.807, 2.05) is 0 Å². The molecule has 0 aromatic carbocycles. The topological polar surface area (TPSA) is 84.7 Å². The molecule has 1 rings (SSSR count). The van der Waals surface area contributed by atoms with Crippen molar-refractivity contribution in [2.45, 2.75) is 12.5 Å². The first-order valence-electron chi connectivity index (χ1n) is 4.49. The number of nitrogens with two attached hydrogens (primary N) is 1. The summed E-state index contributed by atoms with van der Waals surface area (Å²) in [7, 11) is 1.34. The number of likely N-dealkylation sites (tertiary alicyclic amines) is 1. The van der Waals surface area contributed by atoms with Crippen molar-refractivity contribution >= 4 is 12.0 Å². The number of ether oxygens (including phenoxy) is 1. The number of nitrogens with one attached hydrogen (secondary N) is 1. The molecule has 3 N–H and O–H groups in total. The quantitative estimate of drug-likeness (QED) is 0.594. The van der Waals surface area contributed by atoms with Gasteiger partial charge in [0.2, 0.25) is 5.91 Å². The third-order valence-corrected chi connectivity index (χ3v) is 2.17. The van der Waals surface area contributed by atoms with Gasteiger partial charge in [0.1, 0.15) is 0 Å². The molecule has 0 aromatic rings. The summed E-state index contributed by atoms with van der Waals surface area (Å²) in [6.45, 7) is 1.09. The van der Waals surface area contributed by atoms with Crippen molar-refractivity contribution in [2.24, 2.45) is 5.73 Å². The van der Waals surface area contributed by atoms with E-state index in [4.69, 9.17) is 5.73 Å². The molecule has 0 spiro atoms. The van der Waals surface area contributed by atoms with E-state index < -0.39 is 0 Å². The summed E-state index contributed by atoms with van der Waals surface area (Å²) in [5, 5.41) is 2.72. The number of rotatable bonds is 2. The maximum Gasteiger partial charge on any atom is 0.409 e. The van der Waals surface area contributed by atoms with Crippen molar-refractivity contribution in [1.82, 2.24) is 10.2 Å². The van der Waals surface area contributed by atoms with E-state index in [-0.39, 0.29) is 24.6 Å². The van der Waals surface area contributed by atoms with Crippen molar-refractivity contribution in [3.63, 3.8) is 0 Å². The van der Waals surface area contributed by atoms with E-state index in [9.17, 15) is 9.59 Å². The Bertz CT molecular complexity index is 232. The number of carbonyl (C=O) groups is 2. The van der Waals surface area contributed by atoms with E-state index in [1.54, 1.807) is 4.90 Å². The van der Waals surface area contributed by atoms with Crippen LogP contribution in [0.4, 0.5) is 4.79 Å². The van der Waals surface area contributed by atoms with Crippen LogP contribution in [-0.2, 0) is 9.53 Å². The van der Waals surface area contributed by atoms with Gasteiger partial charge in [0.25, 0.3) is 0 Å². The Morgan fingerprint density at radius 3 is 2.93 bits per heavy atom. The van der Waals surface area contributed by atoms with Crippen LogP contribution in [0.3, 0.4) is 0 Å². The van der Waals surface area contributed by atoms with Crippen LogP contribution < -0.4 is 11.1 Å². The van der Waals surface area contributed by atoms with Gasteiger partial charge in [-0.2, -0.15) is 0 Å². The van der Waals surface area contributed by atoms with Crippen molar-refractivity contribution < 1.29 is 14.3 Å². The SMILES string of the molecule is COC(=O)N1CCC(NC(=O)CN)C1. The summed E-state index contributed by atoms with van der Waals surface area (Å²) in [4.78, 5) is 23.6. The van der Waals surface area contributed by atoms with Crippen LogP contribution >= 0.6 is 0 Å². The van der Waals surface area contributed by atoms with E-state index in [1.165, 1.54) is 7.11 Å². The maximum atomic E-state index is 11.1. The number of amides is 2. The second-order valence-electron chi connectivity index (χ2n) is 3.17. The Hall–Kier alpha value is -1.30. The van der Waals surface area contributed by atoms with Crippen LogP contribution in [0.15, 0.2) is 0 Å². The molecule has 0 saturated carbocycles. The van der Waals surface area contributed by atoms with E-state index in [2.05, 4.69) is 10.1 Å². The van der Waals surface area contributed by atoms with Gasteiger partial charge in [0.05, 0.1) is 13.7 Å². The fourth-order valence-corrected chi connectivity index (χ4v) is 1.46. The average molecular weight is 201 g/mol. The molecule has 1 heterocycles. The maximum absolute atomic E-state index is 11.1. The Kier molecular flexibility index (Phi) is 3.70. The Balaban J connectivity index is 2.34. The summed E-state index contributed by atoms with van der Waals surface area (Å²) >= 11 is 0. The zero-order valence-electron chi connectivity index (χ0n) is 8.16. The number of methoxy groups -OCH3 is 1. The van der Waals surface area contributed by atoms with Crippen LogP contribution in [-0.4, -0.2) is 49.7 Å². The van der Waals surface area contributed by atoms with Gasteiger partial charge in [-0.05, 0) is 6.42 Å². The molecule has 1 fully saturated rings. The molecule has 6 nitrogen and oxygen atoms in total. The van der Waals surface area contributed by atoms with E-state index >= 15 is 0 Å². The Morgan fingerprint density at radius 2 is 2.36 bits per heavy atom. The first-order valence-corrected chi connectivity index (χ1v) is 4.49. The zero-order valence-corrected chi connectivity index (χ0v) is 8.16. The molecule has 0 radical (unpaired) electrons. The molecule has 1 aliphatic heterocycles. The molecule has 2 amide bonds. The van der Waals surface area contributed by atoms with Gasteiger partial charge in [-0.15, -0.1) is 0 Å². The fraction of sp³-hybridized carbons (Fsp3) is 0.750. The smallest absolute Gasteiger partial charge is 0.409 e. The summed E-state index contributed by atoms with van der Waals surface area (Å²) in [6, 6.07) is 0.00477. The fourth-order valence-electron chi connectivity index (χ4n) is 1.46. The summed E-state index contributed by atoms with van der Waals surface area (Å²) in [6.07, 6.45) is 0.399. The highest BCUT2D eigenvalue weighted by molar-refractivity contribution is 5.78. The van der Waals surface area contributed by atoms with Gasteiger partial charge in [-0.25, -0.2) is 4.79 Å². The largest absolute Gasteiger partial charge is 0.453 e. The predicted molar refractivity (Wildman–Crippen MR) is 49.6 cm³/mol. The summed E-state index contributed by atoms with van der Waals surface area (Å²) in [5.74, 6) is -0.193. The second kappa shape index (κ2) is 4.80. The molecule has 1 unspecified atom stereocenters. The van der Waals surface area contributed by atoms with Crippen molar-refractivity contribution in [1.29, 1.82) is 0 Å². The Labute approximate surface area is 82.4 Å². The summed E-state index contributed by atoms with van der Waals surface area (Å²) in [5.41, 5.74) is 5.15. The minimum absolute atomic E-state index is 0.00477. The standard InChI is InChI=1S/C8H15N3O3/c1-14-8(13)11-3-2-6(5-11)10-7(12)4-9/h6H,2-5,9H2,1H3,(H,10,12). The van der Waals surface area contributed by atoms with Crippen LogP contribution in [0, 0.1) is 0 Å². The van der Waals surface area contributed by atoms with Crippen LogP contribution in [0.1, 0.15) is 6.42 Å². The summed E-state index contributed by atoms with van der Waals surface area (Å²) < 4.78 is 4.56. The molecule has 0 aliphatic carbocycles. The molecule has 6 heteroatoms. The second-order valence-corrected chi connectivity index (χ2v) is 3.17. The minimum atomic E-state index is -0.352. The zero-order chi connectivity index (χ0) is 10.6. The van der Waals surface area contributed by atoms with E-state index in [0.717, 1.165) is 6.42 Å². The van der Waals surface area contributed by atoms with Crippen molar-refractivity contribution in [2.75, 3.05) is 26.7 Å². The molecular formula is C8H15N3O3. The number of carbonyl (C=O) groups excluding carboxylic acids is 2. The molecular weight excluding hydrogens is 186 g/mol. The van der Waals surface area contributed by atoms with Gasteiger partial charge in [-0.1, -0.05) is 0 Å². The number of hydrogen-bond donors (Lipinski definition) is 2. The van der Waals surface area contributed by atoms with E-state index in [0.29, 0.717) is 13.1 Å². The molecule has 80 valence electrons. The van der Waals surface area contributed by atoms with Crippen molar-refractivity contribution in [3.05, 3.63) is 0 Å². The first kappa shape index (κ1) is 10.8. The van der Waals surface area contributed by atoms with Gasteiger partial charge >= 0.3 is 6.09 Å². The first-order chi connectivity index (χ1) is 6.67. The lowest BCUT2D eigenvalue weighted by Crippen LogP contribution is -2.41. The van der Waals surface area contributed by atoms with Gasteiger partial charge in [0.15, 0.2) is 0 Å². The Morgan fingerprint density at radius 1 is 1.64 bits per heavy atom. The lowest BCUT2D eigenvalue weighted by Gasteiger charge is -2.15. The highest BCUT2D eigenvalue weighted by Crippen LogP contribution is 2.09. The molecule has 0 bridgehead atoms. The third kappa shape index (κ3) is 2.59. The van der Waals surface area contributed by atoms with Crippen LogP contribution in [0.25, 0.3) is 0 Å². The normalized spacial score (nSPS) is 20.7. The number of nitrogens with zero attached hydrogens (tertiary/aromatic N) is 1. The predicted octanol–water partition coefficient (Wildman–Crippen LogP) is -1.10. The van der Waals surface area contributed by atoms with Crippen LogP contribution in [0.5, 0.6) is 0 Å². The van der Waals surface area contributed by atoms with Gasteiger partial charge in [-0.3, -0.25) is 4.79 Å². The van der Waals surface area contributed by atoms with Gasteiger partial charge < -0.3 is 20.7 Å². The number of hydrogen-bond acceptors (Lipinski definition) is 4. The monoisotopic (exact) mass is 201 g/mol. The highest BCUT2D eigenvalue weighted by Gasteiger charge is 2.27. The third-order valence-electron chi connectivity index (χ3n) is 2.17. The molecule has 1 atom stereocenters. The molecule has 14 heavy (non-hydrogen) atoms. The lowest BCUT2D eigenvalue weighted by atomic mass is 10.2. The average Bonchev–Trinajstić information content (AvgIpc) is 2.65. The molecule has 0 aromatic heterocycles. The minimum Gasteiger partial charge on any atom is -0.453 e. The lowest BCUT2D eigenvalue weighted by molar-refractivity contribution is -0.120.